The fourth-order valence-electron chi connectivity index (χ4n) is 4.55. The molecule has 0 spiro atoms. The maximum absolute atomic E-state index is 15.4. The first-order valence-corrected chi connectivity index (χ1v) is 11.6. The highest BCUT2D eigenvalue weighted by Crippen LogP contribution is 2.45. The molecule has 0 unspecified atom stereocenters. The Balaban J connectivity index is 1.35. The molecule has 172 valence electrons. The van der Waals surface area contributed by atoms with E-state index in [1.807, 2.05) is 24.3 Å². The van der Waals surface area contributed by atoms with Crippen molar-refractivity contribution in [3.05, 3.63) is 71.8 Å². The Morgan fingerprint density at radius 2 is 1.91 bits per heavy atom. The second-order valence-corrected chi connectivity index (χ2v) is 9.10. The van der Waals surface area contributed by atoms with Gasteiger partial charge < -0.3 is 16.0 Å². The van der Waals surface area contributed by atoms with Crippen LogP contribution in [0.3, 0.4) is 0 Å². The maximum Gasteiger partial charge on any atom is 0.229 e. The average Bonchev–Trinajstić information content (AvgIpc) is 3.64. The molecule has 4 heterocycles. The molecule has 0 atom stereocenters. The predicted molar refractivity (Wildman–Crippen MR) is 133 cm³/mol. The van der Waals surface area contributed by atoms with Gasteiger partial charge in [-0.25, -0.2) is 14.4 Å². The number of nitrogens with one attached hydrogen (secondary N) is 1. The van der Waals surface area contributed by atoms with E-state index in [-0.39, 0.29) is 11.7 Å². The third-order valence-electron chi connectivity index (χ3n) is 6.56. The summed E-state index contributed by atoms with van der Waals surface area (Å²) in [5.41, 5.74) is 10.5. The van der Waals surface area contributed by atoms with Crippen LogP contribution in [-0.4, -0.2) is 44.6 Å². The lowest BCUT2D eigenvalue weighted by atomic mass is 9.99. The zero-order valence-electron chi connectivity index (χ0n) is 19.0. The Hall–Kier alpha value is -3.78. The molecule has 34 heavy (non-hydrogen) atoms. The van der Waals surface area contributed by atoms with E-state index in [0.717, 1.165) is 38.0 Å². The zero-order valence-corrected chi connectivity index (χ0v) is 19.0. The molecule has 6 rings (SSSR count). The van der Waals surface area contributed by atoms with E-state index in [0.29, 0.717) is 34.3 Å². The number of fused-ring (bicyclic) bond motifs is 1. The van der Waals surface area contributed by atoms with E-state index in [1.165, 1.54) is 11.1 Å². The van der Waals surface area contributed by atoms with Crippen molar-refractivity contribution in [2.75, 3.05) is 31.2 Å². The van der Waals surface area contributed by atoms with Gasteiger partial charge in [0.15, 0.2) is 11.5 Å². The number of benzene rings is 1. The van der Waals surface area contributed by atoms with E-state index in [9.17, 15) is 0 Å². The lowest BCUT2D eigenvalue weighted by molar-refractivity contribution is 0.370. The molecule has 1 aliphatic heterocycles. The van der Waals surface area contributed by atoms with Gasteiger partial charge in [-0.1, -0.05) is 24.3 Å². The summed E-state index contributed by atoms with van der Waals surface area (Å²) in [6.07, 6.45) is 6.78. The van der Waals surface area contributed by atoms with Gasteiger partial charge in [0.05, 0.1) is 11.1 Å². The number of aromatic nitrogens is 4. The Morgan fingerprint density at radius 3 is 2.62 bits per heavy atom. The SMILES string of the molecule is CN1CC=C(c2ccc(Nc3ncc4c(F)c(C5CC5)n(-c5cccc(N)n5)c4n3)cc2)CC1. The van der Waals surface area contributed by atoms with Gasteiger partial charge in [-0.15, -0.1) is 0 Å². The highest BCUT2D eigenvalue weighted by Gasteiger charge is 2.34. The Morgan fingerprint density at radius 1 is 1.09 bits per heavy atom. The van der Waals surface area contributed by atoms with Gasteiger partial charge in [0, 0.05) is 30.9 Å². The lowest BCUT2D eigenvalue weighted by Gasteiger charge is -2.22. The molecule has 7 nitrogen and oxygen atoms in total. The number of anilines is 3. The summed E-state index contributed by atoms with van der Waals surface area (Å²) < 4.78 is 17.2. The molecule has 0 saturated heterocycles. The minimum absolute atomic E-state index is 0.162. The first kappa shape index (κ1) is 20.8. The summed E-state index contributed by atoms with van der Waals surface area (Å²) in [7, 11) is 2.13. The van der Waals surface area contributed by atoms with Crippen LogP contribution in [0.25, 0.3) is 22.4 Å². The fourth-order valence-corrected chi connectivity index (χ4v) is 4.55. The summed E-state index contributed by atoms with van der Waals surface area (Å²) in [6.45, 7) is 2.05. The number of hydrogen-bond donors (Lipinski definition) is 2. The molecule has 1 aromatic carbocycles. The van der Waals surface area contributed by atoms with E-state index < -0.39 is 0 Å². The minimum atomic E-state index is -0.274. The van der Waals surface area contributed by atoms with E-state index in [2.05, 4.69) is 45.4 Å². The van der Waals surface area contributed by atoms with Gasteiger partial charge in [0.25, 0.3) is 0 Å². The van der Waals surface area contributed by atoms with Crippen LogP contribution in [0.15, 0.2) is 54.7 Å². The highest BCUT2D eigenvalue weighted by atomic mass is 19.1. The number of nitrogens with zero attached hydrogens (tertiary/aromatic N) is 5. The second kappa shape index (κ2) is 8.22. The van der Waals surface area contributed by atoms with Crippen LogP contribution in [0, 0.1) is 5.82 Å². The van der Waals surface area contributed by atoms with Gasteiger partial charge >= 0.3 is 0 Å². The van der Waals surface area contributed by atoms with E-state index in [1.54, 1.807) is 16.8 Å². The van der Waals surface area contributed by atoms with Crippen molar-refractivity contribution < 1.29 is 4.39 Å². The van der Waals surface area contributed by atoms with Crippen LogP contribution in [-0.2, 0) is 0 Å². The van der Waals surface area contributed by atoms with Crippen LogP contribution in [0.2, 0.25) is 0 Å². The third-order valence-corrected chi connectivity index (χ3v) is 6.56. The first-order chi connectivity index (χ1) is 16.6. The predicted octanol–water partition coefficient (Wildman–Crippen LogP) is 4.88. The topological polar surface area (TPSA) is 84.9 Å². The van der Waals surface area contributed by atoms with Crippen molar-refractivity contribution in [3.63, 3.8) is 0 Å². The lowest BCUT2D eigenvalue weighted by Crippen LogP contribution is -2.23. The van der Waals surface area contributed by atoms with Crippen LogP contribution in [0.1, 0.15) is 36.4 Å². The number of halogens is 1. The Bertz CT molecular complexity index is 1400. The zero-order chi connectivity index (χ0) is 23.2. The largest absolute Gasteiger partial charge is 0.384 e. The highest BCUT2D eigenvalue weighted by molar-refractivity contribution is 5.81. The number of nitrogens with two attached hydrogens (primary N) is 1. The summed E-state index contributed by atoms with van der Waals surface area (Å²) >= 11 is 0. The first-order valence-electron chi connectivity index (χ1n) is 11.6. The smallest absolute Gasteiger partial charge is 0.229 e. The van der Waals surface area contributed by atoms with Crippen LogP contribution < -0.4 is 11.1 Å². The van der Waals surface area contributed by atoms with Crippen molar-refractivity contribution in [1.29, 1.82) is 0 Å². The second-order valence-electron chi connectivity index (χ2n) is 9.10. The monoisotopic (exact) mass is 455 g/mol. The number of rotatable bonds is 5. The molecule has 3 aromatic heterocycles. The molecule has 0 bridgehead atoms. The van der Waals surface area contributed by atoms with E-state index in [4.69, 9.17) is 10.7 Å². The number of nitrogen functional groups attached to an aromatic ring is 1. The minimum Gasteiger partial charge on any atom is -0.384 e. The number of hydrogen-bond acceptors (Lipinski definition) is 6. The molecule has 4 aromatic rings. The average molecular weight is 456 g/mol. The van der Waals surface area contributed by atoms with Crippen molar-refractivity contribution in [3.8, 4) is 5.82 Å². The van der Waals surface area contributed by atoms with Gasteiger partial charge in [0.2, 0.25) is 5.95 Å². The molecule has 0 amide bonds. The quantitative estimate of drug-likeness (QED) is 0.446. The van der Waals surface area contributed by atoms with Crippen molar-refractivity contribution in [2.45, 2.75) is 25.2 Å². The van der Waals surface area contributed by atoms with Crippen molar-refractivity contribution >= 4 is 34.1 Å². The summed E-state index contributed by atoms with van der Waals surface area (Å²) in [5.74, 6) is 1.24. The van der Waals surface area contributed by atoms with Crippen molar-refractivity contribution in [2.24, 2.45) is 0 Å². The third kappa shape index (κ3) is 3.80. The van der Waals surface area contributed by atoms with Gasteiger partial charge in [-0.2, -0.15) is 4.98 Å². The van der Waals surface area contributed by atoms with Gasteiger partial charge in [-0.05, 0) is 61.7 Å². The summed E-state index contributed by atoms with van der Waals surface area (Å²) in [4.78, 5) is 15.8. The maximum atomic E-state index is 15.4. The molecule has 1 fully saturated rings. The Labute approximate surface area is 197 Å². The summed E-state index contributed by atoms with van der Waals surface area (Å²) in [6, 6.07) is 13.6. The molecule has 3 N–H and O–H groups in total. The normalized spacial score (nSPS) is 16.6. The molecule has 8 heteroatoms. The van der Waals surface area contributed by atoms with E-state index >= 15 is 4.39 Å². The van der Waals surface area contributed by atoms with Gasteiger partial charge in [-0.3, -0.25) is 4.57 Å². The molecule has 1 saturated carbocycles. The van der Waals surface area contributed by atoms with Crippen molar-refractivity contribution in [1.82, 2.24) is 24.4 Å². The summed E-state index contributed by atoms with van der Waals surface area (Å²) in [5, 5.41) is 3.66. The van der Waals surface area contributed by atoms with Crippen LogP contribution in [0.4, 0.5) is 21.8 Å². The molecular formula is C26H26FN7. The molecular weight excluding hydrogens is 429 g/mol. The molecule has 1 aliphatic carbocycles. The molecule has 2 aliphatic rings. The number of likely N-dealkylation sites (N-methyl/N-ethyl adjacent to an activating group) is 1. The van der Waals surface area contributed by atoms with Crippen LogP contribution >= 0.6 is 0 Å². The Kier molecular flexibility index (Phi) is 5.03. The number of pyridine rings is 1. The standard InChI is InChI=1S/C26H26FN7/c1-33-13-11-17(12-14-33)16-7-9-19(10-8-16)30-26-29-15-20-23(27)24(18-5-6-18)34(25(20)32-26)22-4-2-3-21(28)31-22/h2-4,7-11,15,18H,5-6,12-14H2,1H3,(H2,28,31)(H,29,30,32). The van der Waals surface area contributed by atoms with Gasteiger partial charge in [0.1, 0.15) is 11.6 Å². The van der Waals surface area contributed by atoms with Crippen LogP contribution in [0.5, 0.6) is 0 Å². The molecule has 0 radical (unpaired) electrons. The fraction of sp³-hybridized carbons (Fsp3) is 0.269.